The van der Waals surface area contributed by atoms with Gasteiger partial charge in [0.1, 0.15) is 0 Å². The van der Waals surface area contributed by atoms with Gasteiger partial charge < -0.3 is 5.32 Å². The van der Waals surface area contributed by atoms with Crippen LogP contribution in [0.4, 0.5) is 18.9 Å². The van der Waals surface area contributed by atoms with Crippen LogP contribution in [0.3, 0.4) is 0 Å². The molecule has 0 saturated carbocycles. The minimum Gasteiger partial charge on any atom is -0.304 e. The highest BCUT2D eigenvalue weighted by Crippen LogP contribution is 2.35. The van der Waals surface area contributed by atoms with Crippen LogP contribution in [0.5, 0.6) is 0 Å². The van der Waals surface area contributed by atoms with E-state index in [0.29, 0.717) is 0 Å². The molecule has 0 aromatic heterocycles. The number of carbonyl (C=O) groups excluding carboxylic acids is 1. The van der Waals surface area contributed by atoms with Gasteiger partial charge in [-0.15, -0.1) is 0 Å². The van der Waals surface area contributed by atoms with Crippen LogP contribution in [0.1, 0.15) is 5.56 Å². The summed E-state index contributed by atoms with van der Waals surface area (Å²) in [5, 5.41) is 2.77. The minimum absolute atomic E-state index is 0.0174. The zero-order chi connectivity index (χ0) is 13.3. The number of carbonyl (C=O) groups is 1. The third-order valence-electron chi connectivity index (χ3n) is 2.08. The molecule has 1 heterocycles. The molecule has 0 aliphatic carbocycles. The van der Waals surface area contributed by atoms with Crippen LogP contribution in [-0.4, -0.2) is 16.8 Å². The predicted molar refractivity (Wildman–Crippen MR) is 64.1 cm³/mol. The van der Waals surface area contributed by atoms with Crippen molar-refractivity contribution in [2.24, 2.45) is 4.99 Å². The Hall–Kier alpha value is -1.21. The fourth-order valence-electron chi connectivity index (χ4n) is 1.27. The molecule has 96 valence electrons. The predicted octanol–water partition coefficient (Wildman–Crippen LogP) is 3.21. The van der Waals surface area contributed by atoms with Crippen LogP contribution >= 0.6 is 23.4 Å². The Morgan fingerprint density at radius 1 is 1.39 bits per heavy atom. The number of hydrogen-bond donors (Lipinski definition) is 1. The molecule has 1 aromatic rings. The Labute approximate surface area is 109 Å². The standard InChI is InChI=1S/C10H6ClF3N2OS/c11-6-2-1-5(10(12,13)14)3-7(6)15-9-16-8(17)4-18-9/h1-3H,4H2,(H,15,16,17). The highest BCUT2D eigenvalue weighted by molar-refractivity contribution is 8.15. The highest BCUT2D eigenvalue weighted by Gasteiger charge is 2.31. The SMILES string of the molecule is O=C1CSC(=Nc2cc(C(F)(F)F)ccc2Cl)N1. The van der Waals surface area contributed by atoms with E-state index in [0.717, 1.165) is 30.0 Å². The molecule has 1 aliphatic heterocycles. The molecular weight excluding hydrogens is 289 g/mol. The van der Waals surface area contributed by atoms with E-state index in [9.17, 15) is 18.0 Å². The van der Waals surface area contributed by atoms with Gasteiger partial charge in [-0.05, 0) is 18.2 Å². The normalized spacial score (nSPS) is 18.2. The number of nitrogens with one attached hydrogen (secondary N) is 1. The van der Waals surface area contributed by atoms with Crippen molar-refractivity contribution in [3.63, 3.8) is 0 Å². The fraction of sp³-hybridized carbons (Fsp3) is 0.200. The van der Waals surface area contributed by atoms with E-state index >= 15 is 0 Å². The number of thioether (sulfide) groups is 1. The van der Waals surface area contributed by atoms with Crippen LogP contribution < -0.4 is 5.32 Å². The number of nitrogens with zero attached hydrogens (tertiary/aromatic N) is 1. The van der Waals surface area contributed by atoms with Gasteiger partial charge >= 0.3 is 6.18 Å². The number of halogens is 4. The van der Waals surface area contributed by atoms with Crippen LogP contribution in [0.25, 0.3) is 0 Å². The Balaban J connectivity index is 2.36. The Kier molecular flexibility index (Phi) is 3.54. The van der Waals surface area contributed by atoms with Crippen molar-refractivity contribution in [3.8, 4) is 0 Å². The molecule has 0 radical (unpaired) electrons. The molecule has 3 nitrogen and oxygen atoms in total. The van der Waals surface area contributed by atoms with Crippen LogP contribution in [-0.2, 0) is 11.0 Å². The maximum absolute atomic E-state index is 12.5. The smallest absolute Gasteiger partial charge is 0.304 e. The van der Waals surface area contributed by atoms with Gasteiger partial charge in [0.25, 0.3) is 0 Å². The second kappa shape index (κ2) is 4.81. The molecule has 1 amide bonds. The molecule has 2 rings (SSSR count). The van der Waals surface area contributed by atoms with E-state index in [4.69, 9.17) is 11.6 Å². The largest absolute Gasteiger partial charge is 0.416 e. The molecule has 8 heteroatoms. The van der Waals surface area contributed by atoms with Gasteiger partial charge in [0.2, 0.25) is 5.91 Å². The molecule has 18 heavy (non-hydrogen) atoms. The van der Waals surface area contributed by atoms with Crippen molar-refractivity contribution < 1.29 is 18.0 Å². The first-order chi connectivity index (χ1) is 8.36. The van der Waals surface area contributed by atoms with Gasteiger partial charge in [0, 0.05) is 0 Å². The van der Waals surface area contributed by atoms with E-state index in [1.54, 1.807) is 0 Å². The van der Waals surface area contributed by atoms with Crippen LogP contribution in [0.15, 0.2) is 23.2 Å². The Morgan fingerprint density at radius 3 is 2.67 bits per heavy atom. The lowest BCUT2D eigenvalue weighted by Crippen LogP contribution is -2.19. The quantitative estimate of drug-likeness (QED) is 0.864. The van der Waals surface area contributed by atoms with Gasteiger partial charge in [0.15, 0.2) is 5.17 Å². The average Bonchev–Trinajstić information content (AvgIpc) is 2.66. The lowest BCUT2D eigenvalue weighted by molar-refractivity contribution is -0.137. The molecule has 1 fully saturated rings. The van der Waals surface area contributed by atoms with Crippen LogP contribution in [0, 0.1) is 0 Å². The molecule has 1 aromatic carbocycles. The topological polar surface area (TPSA) is 41.5 Å². The van der Waals surface area contributed by atoms with E-state index in [1.807, 2.05) is 0 Å². The number of amides is 1. The summed E-state index contributed by atoms with van der Waals surface area (Å²) < 4.78 is 37.5. The van der Waals surface area contributed by atoms with E-state index in [1.165, 1.54) is 0 Å². The second-order valence-electron chi connectivity index (χ2n) is 3.42. The third kappa shape index (κ3) is 2.97. The number of alkyl halides is 3. The number of amidine groups is 1. The van der Waals surface area contributed by atoms with Gasteiger partial charge in [-0.1, -0.05) is 23.4 Å². The van der Waals surface area contributed by atoms with Crippen LogP contribution in [0.2, 0.25) is 5.02 Å². The molecule has 1 aliphatic rings. The molecule has 0 bridgehead atoms. The summed E-state index contributed by atoms with van der Waals surface area (Å²) in [4.78, 5) is 14.8. The van der Waals surface area contributed by atoms with Gasteiger partial charge in [-0.2, -0.15) is 13.2 Å². The fourth-order valence-corrected chi connectivity index (χ4v) is 2.12. The number of aliphatic imine (C=N–C) groups is 1. The Morgan fingerprint density at radius 2 is 2.11 bits per heavy atom. The summed E-state index contributed by atoms with van der Waals surface area (Å²) in [5.74, 6) is -0.0306. The average molecular weight is 295 g/mol. The summed E-state index contributed by atoms with van der Waals surface area (Å²) in [6.45, 7) is 0. The lowest BCUT2D eigenvalue weighted by atomic mass is 10.2. The molecular formula is C10H6ClF3N2OS. The van der Waals surface area contributed by atoms with Gasteiger partial charge in [-0.3, -0.25) is 4.79 Å². The van der Waals surface area contributed by atoms with Crippen molar-refractivity contribution in [3.05, 3.63) is 28.8 Å². The summed E-state index contributed by atoms with van der Waals surface area (Å²) in [6.07, 6.45) is -4.45. The van der Waals surface area contributed by atoms with Gasteiger partial charge in [0.05, 0.1) is 22.0 Å². The van der Waals surface area contributed by atoms with E-state index in [2.05, 4.69) is 10.3 Å². The minimum atomic E-state index is -4.45. The van der Waals surface area contributed by atoms with Crippen molar-refractivity contribution >= 4 is 40.1 Å². The van der Waals surface area contributed by atoms with Crippen molar-refractivity contribution in [2.45, 2.75) is 6.18 Å². The summed E-state index contributed by atoms with van der Waals surface area (Å²) in [5.41, 5.74) is -0.850. The van der Waals surface area contributed by atoms with E-state index in [-0.39, 0.29) is 27.5 Å². The highest BCUT2D eigenvalue weighted by atomic mass is 35.5. The maximum Gasteiger partial charge on any atom is 0.416 e. The first kappa shape index (κ1) is 13.2. The first-order valence-corrected chi connectivity index (χ1v) is 6.11. The third-order valence-corrected chi connectivity index (χ3v) is 3.27. The zero-order valence-electron chi connectivity index (χ0n) is 8.71. The lowest BCUT2D eigenvalue weighted by Gasteiger charge is -2.08. The summed E-state index contributed by atoms with van der Waals surface area (Å²) in [7, 11) is 0. The molecule has 0 atom stereocenters. The van der Waals surface area contributed by atoms with Crippen molar-refractivity contribution in [1.82, 2.24) is 5.32 Å². The second-order valence-corrected chi connectivity index (χ2v) is 4.79. The van der Waals surface area contributed by atoms with Crippen molar-refractivity contribution in [2.75, 3.05) is 5.75 Å². The molecule has 0 spiro atoms. The summed E-state index contributed by atoms with van der Waals surface area (Å²) in [6, 6.07) is 2.86. The summed E-state index contributed by atoms with van der Waals surface area (Å²) >= 11 is 6.88. The zero-order valence-corrected chi connectivity index (χ0v) is 10.3. The Bertz CT molecular complexity index is 530. The number of rotatable bonds is 1. The molecule has 1 saturated heterocycles. The molecule has 0 unspecified atom stereocenters. The van der Waals surface area contributed by atoms with E-state index < -0.39 is 11.7 Å². The van der Waals surface area contributed by atoms with Gasteiger partial charge in [-0.25, -0.2) is 4.99 Å². The van der Waals surface area contributed by atoms with Crippen molar-refractivity contribution in [1.29, 1.82) is 0 Å². The monoisotopic (exact) mass is 294 g/mol. The number of benzene rings is 1. The molecule has 1 N–H and O–H groups in total. The maximum atomic E-state index is 12.5. The first-order valence-electron chi connectivity index (χ1n) is 4.74. The number of hydrogen-bond acceptors (Lipinski definition) is 3.